The molecule has 1 aromatic carbocycles. The van der Waals surface area contributed by atoms with Crippen LogP contribution in [0.1, 0.15) is 86.4 Å². The highest BCUT2D eigenvalue weighted by Gasteiger charge is 2.31. The van der Waals surface area contributed by atoms with Crippen LogP contribution >= 0.6 is 11.3 Å². The van der Waals surface area contributed by atoms with E-state index in [1.165, 1.54) is 11.3 Å². The van der Waals surface area contributed by atoms with Crippen molar-refractivity contribution in [3.8, 4) is 17.3 Å². The van der Waals surface area contributed by atoms with Gasteiger partial charge in [-0.2, -0.15) is 13.4 Å². The molecule has 0 saturated heterocycles. The average Bonchev–Trinajstić information content (AvgIpc) is 3.27. The number of hydrogen-bond donors (Lipinski definition) is 0. The van der Waals surface area contributed by atoms with Gasteiger partial charge in [-0.25, -0.2) is 4.98 Å². The number of hydrogen-bond acceptors (Lipinski definition) is 8. The van der Waals surface area contributed by atoms with Crippen molar-refractivity contribution < 1.29 is 17.3 Å². The molecule has 5 rings (SSSR count). The van der Waals surface area contributed by atoms with Gasteiger partial charge in [0, 0.05) is 22.8 Å². The Labute approximate surface area is 228 Å². The molecule has 7 nitrogen and oxygen atoms in total. The maximum atomic E-state index is 14.2. The minimum absolute atomic E-state index is 0.0107. The maximum Gasteiger partial charge on any atom is 0.341 e. The third-order valence-corrected chi connectivity index (χ3v) is 9.34. The van der Waals surface area contributed by atoms with Crippen molar-refractivity contribution in [2.75, 3.05) is 6.61 Å². The van der Waals surface area contributed by atoms with Gasteiger partial charge in [0.25, 0.3) is 0 Å². The van der Waals surface area contributed by atoms with E-state index in [1.807, 2.05) is 39.8 Å². The maximum absolute atomic E-state index is 14.2. The number of nitrogens with zero attached hydrogens (tertiary/aromatic N) is 3. The highest BCUT2D eigenvalue weighted by atomic mass is 32.2. The third-order valence-electron chi connectivity index (χ3n) is 6.89. The lowest BCUT2D eigenvalue weighted by Crippen LogP contribution is -2.18. The molecule has 0 atom stereocenters. The van der Waals surface area contributed by atoms with Crippen molar-refractivity contribution in [2.45, 2.75) is 77.2 Å². The first kappa shape index (κ1) is 26.7. The molecular formula is C29H33N3O4S2. The second-order valence-corrected chi connectivity index (χ2v) is 13.2. The van der Waals surface area contributed by atoms with E-state index in [9.17, 15) is 8.42 Å². The lowest BCUT2D eigenvalue weighted by molar-refractivity contribution is 0.114. The van der Waals surface area contributed by atoms with E-state index in [4.69, 9.17) is 13.9 Å². The Bertz CT molecular complexity index is 1560. The molecule has 0 saturated carbocycles. The summed E-state index contributed by atoms with van der Waals surface area (Å²) in [6.07, 6.45) is 3.97. The molecule has 0 spiro atoms. The van der Waals surface area contributed by atoms with Gasteiger partial charge in [-0.3, -0.25) is 4.98 Å². The Balaban J connectivity index is 1.73. The molecule has 0 N–H and O–H groups in total. The van der Waals surface area contributed by atoms with Crippen molar-refractivity contribution in [1.82, 2.24) is 15.0 Å². The zero-order chi connectivity index (χ0) is 27.2. The molecule has 4 heterocycles. The van der Waals surface area contributed by atoms with E-state index >= 15 is 0 Å². The summed E-state index contributed by atoms with van der Waals surface area (Å²) in [7, 11) is -4.23. The van der Waals surface area contributed by atoms with E-state index in [1.54, 1.807) is 24.5 Å². The van der Waals surface area contributed by atoms with Gasteiger partial charge in [0.05, 0.1) is 18.6 Å². The van der Waals surface area contributed by atoms with Gasteiger partial charge >= 0.3 is 10.1 Å². The summed E-state index contributed by atoms with van der Waals surface area (Å²) in [6.45, 7) is 13.3. The van der Waals surface area contributed by atoms with Crippen LogP contribution in [0.15, 0.2) is 41.6 Å². The predicted molar refractivity (Wildman–Crippen MR) is 151 cm³/mol. The fraction of sp³-hybridized carbons (Fsp3) is 0.414. The van der Waals surface area contributed by atoms with Crippen molar-refractivity contribution in [2.24, 2.45) is 0 Å². The van der Waals surface area contributed by atoms with Crippen LogP contribution in [0.3, 0.4) is 0 Å². The Morgan fingerprint density at radius 2 is 1.61 bits per heavy atom. The average molecular weight is 552 g/mol. The number of rotatable bonds is 7. The zero-order valence-electron chi connectivity index (χ0n) is 22.6. The van der Waals surface area contributed by atoms with E-state index in [2.05, 4.69) is 23.8 Å². The summed E-state index contributed by atoms with van der Waals surface area (Å²) in [5.41, 5.74) is 4.39. The Morgan fingerprint density at radius 1 is 0.947 bits per heavy atom. The first-order valence-corrected chi connectivity index (χ1v) is 15.2. The van der Waals surface area contributed by atoms with Gasteiger partial charge < -0.3 is 8.92 Å². The van der Waals surface area contributed by atoms with Crippen molar-refractivity contribution >= 4 is 31.7 Å². The van der Waals surface area contributed by atoms with Gasteiger partial charge in [0.2, 0.25) is 5.88 Å². The minimum Gasteiger partial charge on any atom is -0.376 e. The van der Waals surface area contributed by atoms with Crippen LogP contribution in [0.4, 0.5) is 0 Å². The minimum atomic E-state index is -4.23. The van der Waals surface area contributed by atoms with Crippen molar-refractivity contribution in [1.29, 1.82) is 0 Å². The lowest BCUT2D eigenvalue weighted by Gasteiger charge is -2.22. The number of thiophene rings is 1. The molecule has 0 amide bonds. The van der Waals surface area contributed by atoms with Crippen LogP contribution in [-0.2, 0) is 27.9 Å². The third kappa shape index (κ3) is 4.95. The van der Waals surface area contributed by atoms with Crippen LogP contribution in [0.2, 0.25) is 0 Å². The lowest BCUT2D eigenvalue weighted by atomic mass is 9.89. The summed E-state index contributed by atoms with van der Waals surface area (Å²) in [4.78, 5) is 15.5. The molecule has 0 radical (unpaired) electrons. The SMILES string of the molecule is CC(C)c1cc(C(C)C)c(S(=O)(=O)Oc2nc(-c3ccncc3)nc3sc4c(c23)CCOC4)c(C(C)C)c1. The van der Waals surface area contributed by atoms with Crippen LogP contribution in [0.5, 0.6) is 5.88 Å². The van der Waals surface area contributed by atoms with Crippen LogP contribution in [0.25, 0.3) is 21.6 Å². The normalized spacial score (nSPS) is 14.0. The Kier molecular flexibility index (Phi) is 7.28. The molecular weight excluding hydrogens is 518 g/mol. The molecule has 38 heavy (non-hydrogen) atoms. The summed E-state index contributed by atoms with van der Waals surface area (Å²) < 4.78 is 40.1. The van der Waals surface area contributed by atoms with E-state index in [-0.39, 0.29) is 28.5 Å². The first-order chi connectivity index (χ1) is 18.1. The van der Waals surface area contributed by atoms with Crippen molar-refractivity contribution in [3.63, 3.8) is 0 Å². The fourth-order valence-electron chi connectivity index (χ4n) is 4.80. The van der Waals surface area contributed by atoms with E-state index in [0.29, 0.717) is 35.7 Å². The van der Waals surface area contributed by atoms with Crippen LogP contribution in [0, 0.1) is 0 Å². The molecule has 3 aromatic heterocycles. The number of aromatic nitrogens is 3. The van der Waals surface area contributed by atoms with Gasteiger partial charge in [-0.05, 0) is 58.6 Å². The molecule has 0 fully saturated rings. The summed E-state index contributed by atoms with van der Waals surface area (Å²) >= 11 is 1.50. The highest BCUT2D eigenvalue weighted by molar-refractivity contribution is 7.87. The molecule has 200 valence electrons. The first-order valence-electron chi connectivity index (χ1n) is 13.0. The molecule has 9 heteroatoms. The molecule has 0 aliphatic carbocycles. The standard InChI is InChI=1S/C29H33N3O4S2/c1-16(2)20-13-22(17(3)4)26(23(14-20)18(5)6)38(33,34)36-28-25-21-9-12-35-15-24(21)37-29(25)32-27(31-28)19-7-10-30-11-8-19/h7-8,10-11,13-14,16-18H,9,12,15H2,1-6H3. The monoisotopic (exact) mass is 551 g/mol. The van der Waals surface area contributed by atoms with Gasteiger partial charge in [-0.15, -0.1) is 11.3 Å². The van der Waals surface area contributed by atoms with Gasteiger partial charge in [-0.1, -0.05) is 53.7 Å². The molecule has 0 unspecified atom stereocenters. The van der Waals surface area contributed by atoms with E-state index < -0.39 is 10.1 Å². The quantitative estimate of drug-likeness (QED) is 0.229. The molecule has 0 bridgehead atoms. The van der Waals surface area contributed by atoms with Crippen LogP contribution in [-0.4, -0.2) is 30.0 Å². The van der Waals surface area contributed by atoms with Crippen LogP contribution < -0.4 is 4.18 Å². The molecule has 1 aliphatic heterocycles. The molecule has 1 aliphatic rings. The molecule has 4 aromatic rings. The smallest absolute Gasteiger partial charge is 0.341 e. The summed E-state index contributed by atoms with van der Waals surface area (Å²) in [5.74, 6) is 0.713. The second kappa shape index (κ2) is 10.4. The topological polar surface area (TPSA) is 91.3 Å². The summed E-state index contributed by atoms with van der Waals surface area (Å²) in [5, 5.41) is 0.658. The Hall–Kier alpha value is -2.88. The fourth-order valence-corrected chi connectivity index (χ4v) is 7.53. The largest absolute Gasteiger partial charge is 0.376 e. The highest BCUT2D eigenvalue weighted by Crippen LogP contribution is 2.42. The van der Waals surface area contributed by atoms with E-state index in [0.717, 1.165) is 32.7 Å². The number of fused-ring (bicyclic) bond motifs is 3. The van der Waals surface area contributed by atoms with Gasteiger partial charge in [0.15, 0.2) is 5.82 Å². The van der Waals surface area contributed by atoms with Gasteiger partial charge in [0.1, 0.15) is 9.73 Å². The number of benzene rings is 1. The second-order valence-electron chi connectivity index (χ2n) is 10.6. The predicted octanol–water partition coefficient (Wildman–Crippen LogP) is 6.96. The Morgan fingerprint density at radius 3 is 2.21 bits per heavy atom. The summed E-state index contributed by atoms with van der Waals surface area (Å²) in [6, 6.07) is 7.63. The number of ether oxygens (including phenoxy) is 1. The van der Waals surface area contributed by atoms with Crippen molar-refractivity contribution in [3.05, 3.63) is 63.8 Å². The zero-order valence-corrected chi connectivity index (χ0v) is 24.2. The number of pyridine rings is 1.